The molecule has 0 aliphatic heterocycles. The van der Waals surface area contributed by atoms with Crippen LogP contribution in [-0.2, 0) is 7.05 Å². The van der Waals surface area contributed by atoms with E-state index in [0.717, 1.165) is 5.56 Å². The number of aliphatic hydroxyl groups is 1. The van der Waals surface area contributed by atoms with Gasteiger partial charge in [0.1, 0.15) is 11.5 Å². The molecule has 0 aliphatic carbocycles. The average Bonchev–Trinajstić information content (AvgIpc) is 3.13. The Morgan fingerprint density at radius 1 is 1.29 bits per heavy atom. The van der Waals surface area contributed by atoms with Gasteiger partial charge in [0.15, 0.2) is 5.82 Å². The minimum absolute atomic E-state index is 0.174. The van der Waals surface area contributed by atoms with Crippen molar-refractivity contribution < 1.29 is 14.3 Å². The number of benzene rings is 1. The van der Waals surface area contributed by atoms with Gasteiger partial charge in [0.25, 0.3) is 5.91 Å². The first-order valence-corrected chi connectivity index (χ1v) is 8.68. The first kappa shape index (κ1) is 19.4. The number of rotatable bonds is 6. The van der Waals surface area contributed by atoms with Crippen LogP contribution in [0.25, 0.3) is 23.5 Å². The molecule has 1 atom stereocenters. The largest absolute Gasteiger partial charge is 0.394 e. The van der Waals surface area contributed by atoms with Crippen molar-refractivity contribution >= 4 is 18.1 Å². The lowest BCUT2D eigenvalue weighted by atomic mass is 10.2. The van der Waals surface area contributed by atoms with E-state index in [2.05, 4.69) is 20.4 Å². The van der Waals surface area contributed by atoms with Crippen LogP contribution in [0, 0.1) is 5.82 Å². The van der Waals surface area contributed by atoms with Gasteiger partial charge in [-0.05, 0) is 36.8 Å². The highest BCUT2D eigenvalue weighted by Gasteiger charge is 2.15. The van der Waals surface area contributed by atoms with E-state index in [1.807, 2.05) is 0 Å². The van der Waals surface area contributed by atoms with E-state index < -0.39 is 11.9 Å². The number of aromatic nitrogens is 4. The molecular weight excluding hydrogens is 361 g/mol. The Hall–Kier alpha value is -3.39. The zero-order valence-electron chi connectivity index (χ0n) is 15.5. The van der Waals surface area contributed by atoms with Crippen LogP contribution in [0.5, 0.6) is 0 Å². The lowest BCUT2D eigenvalue weighted by Crippen LogP contribution is -2.35. The molecule has 0 aliphatic rings. The maximum atomic E-state index is 13.1. The van der Waals surface area contributed by atoms with Gasteiger partial charge >= 0.3 is 0 Å². The zero-order valence-corrected chi connectivity index (χ0v) is 15.5. The van der Waals surface area contributed by atoms with E-state index in [0.29, 0.717) is 17.1 Å². The Morgan fingerprint density at radius 3 is 2.68 bits per heavy atom. The lowest BCUT2D eigenvalue weighted by molar-refractivity contribution is 0.0917. The topological polar surface area (TPSA) is 92.9 Å². The molecule has 1 aromatic carbocycles. The van der Waals surface area contributed by atoms with Crippen LogP contribution in [0.1, 0.15) is 28.7 Å². The minimum atomic E-state index is -0.412. The second-order valence-electron chi connectivity index (χ2n) is 6.35. The second kappa shape index (κ2) is 8.53. The fourth-order valence-corrected chi connectivity index (χ4v) is 2.43. The number of amides is 1. The van der Waals surface area contributed by atoms with Gasteiger partial charge in [0, 0.05) is 19.3 Å². The van der Waals surface area contributed by atoms with Crippen molar-refractivity contribution in [2.75, 3.05) is 6.61 Å². The highest BCUT2D eigenvalue weighted by atomic mass is 19.1. The number of hydrogen-bond acceptors (Lipinski definition) is 5. The molecule has 0 saturated heterocycles. The highest BCUT2D eigenvalue weighted by molar-refractivity contribution is 5.93. The van der Waals surface area contributed by atoms with E-state index in [1.54, 1.807) is 61.4 Å². The van der Waals surface area contributed by atoms with Gasteiger partial charge in [0.05, 0.1) is 24.1 Å². The molecule has 28 heavy (non-hydrogen) atoms. The molecule has 0 bridgehead atoms. The maximum absolute atomic E-state index is 13.1. The van der Waals surface area contributed by atoms with Gasteiger partial charge < -0.3 is 10.4 Å². The Labute approximate surface area is 161 Å². The third kappa shape index (κ3) is 4.86. The number of nitrogens with zero attached hydrogens (tertiary/aromatic N) is 4. The third-order valence-corrected chi connectivity index (χ3v) is 3.91. The summed E-state index contributed by atoms with van der Waals surface area (Å²) in [6.45, 7) is 1.51. The molecule has 144 valence electrons. The quantitative estimate of drug-likeness (QED) is 0.683. The maximum Gasteiger partial charge on any atom is 0.270 e. The Morgan fingerprint density at radius 2 is 2.04 bits per heavy atom. The summed E-state index contributed by atoms with van der Waals surface area (Å²) < 4.78 is 14.7. The SMILES string of the molecule is C[C@@H](CO)NC(=O)c1cc(/C=C/c2ccc(F)cc2)nc(-c2cnn(C)c2)n1. The normalized spacial score (nSPS) is 12.3. The summed E-state index contributed by atoms with van der Waals surface area (Å²) >= 11 is 0. The molecule has 3 aromatic rings. The molecule has 0 saturated carbocycles. The predicted molar refractivity (Wildman–Crippen MR) is 104 cm³/mol. The van der Waals surface area contributed by atoms with Crippen LogP contribution in [0.3, 0.4) is 0 Å². The Kier molecular flexibility index (Phi) is 5.90. The summed E-state index contributed by atoms with van der Waals surface area (Å²) in [5.41, 5.74) is 2.15. The van der Waals surface area contributed by atoms with Crippen LogP contribution in [-0.4, -0.2) is 43.4 Å². The number of carbonyl (C=O) groups is 1. The number of halogens is 1. The van der Waals surface area contributed by atoms with E-state index in [9.17, 15) is 9.18 Å². The summed E-state index contributed by atoms with van der Waals surface area (Å²) in [5.74, 6) is -0.364. The first-order valence-electron chi connectivity index (χ1n) is 8.68. The van der Waals surface area contributed by atoms with Gasteiger partial charge in [-0.1, -0.05) is 18.2 Å². The molecule has 8 heteroatoms. The Balaban J connectivity index is 1.96. The van der Waals surface area contributed by atoms with Crippen LogP contribution >= 0.6 is 0 Å². The van der Waals surface area contributed by atoms with Crippen molar-refractivity contribution in [1.29, 1.82) is 0 Å². The van der Waals surface area contributed by atoms with Crippen molar-refractivity contribution in [3.63, 3.8) is 0 Å². The van der Waals surface area contributed by atoms with Gasteiger partial charge in [-0.3, -0.25) is 9.48 Å². The molecule has 0 radical (unpaired) electrons. The number of aliphatic hydroxyl groups excluding tert-OH is 1. The van der Waals surface area contributed by atoms with E-state index >= 15 is 0 Å². The first-order chi connectivity index (χ1) is 13.4. The summed E-state index contributed by atoms with van der Waals surface area (Å²) in [4.78, 5) is 21.3. The molecule has 0 spiro atoms. The minimum Gasteiger partial charge on any atom is -0.394 e. The van der Waals surface area contributed by atoms with E-state index in [-0.39, 0.29) is 18.1 Å². The van der Waals surface area contributed by atoms with Gasteiger partial charge in [-0.25, -0.2) is 14.4 Å². The summed E-state index contributed by atoms with van der Waals surface area (Å²) in [6, 6.07) is 7.19. The molecule has 1 amide bonds. The fraction of sp³-hybridized carbons (Fsp3) is 0.200. The number of aryl methyl sites for hydroxylation is 1. The summed E-state index contributed by atoms with van der Waals surface area (Å²) in [7, 11) is 1.78. The molecule has 0 fully saturated rings. The van der Waals surface area contributed by atoms with Crippen LogP contribution < -0.4 is 5.32 Å². The van der Waals surface area contributed by atoms with E-state index in [4.69, 9.17) is 5.11 Å². The van der Waals surface area contributed by atoms with Gasteiger partial charge in [0.2, 0.25) is 0 Å². The summed E-state index contributed by atoms with van der Waals surface area (Å²) in [5, 5.41) is 15.9. The van der Waals surface area contributed by atoms with Gasteiger partial charge in [-0.2, -0.15) is 5.10 Å². The van der Waals surface area contributed by atoms with Crippen molar-refractivity contribution in [2.45, 2.75) is 13.0 Å². The molecule has 0 unspecified atom stereocenters. The predicted octanol–water partition coefficient (Wildman–Crippen LogP) is 2.30. The highest BCUT2D eigenvalue weighted by Crippen LogP contribution is 2.17. The number of nitrogens with one attached hydrogen (secondary N) is 1. The molecular formula is C20H20FN5O2. The van der Waals surface area contributed by atoms with Gasteiger partial charge in [-0.15, -0.1) is 0 Å². The van der Waals surface area contributed by atoms with Crippen LogP contribution in [0.15, 0.2) is 42.7 Å². The Bertz CT molecular complexity index is 998. The molecule has 2 heterocycles. The third-order valence-electron chi connectivity index (χ3n) is 3.91. The second-order valence-corrected chi connectivity index (χ2v) is 6.35. The zero-order chi connectivity index (χ0) is 20.1. The standard InChI is InChI=1S/C20H20FN5O2/c1-13(12-27)23-20(28)18-9-17(8-5-14-3-6-16(21)7-4-14)24-19(25-18)15-10-22-26(2)11-15/h3-11,13,27H,12H2,1-2H3,(H,23,28)/b8-5+/t13-/m0/s1. The molecule has 2 aromatic heterocycles. The molecule has 2 N–H and O–H groups in total. The van der Waals surface area contributed by atoms with E-state index in [1.165, 1.54) is 12.1 Å². The molecule has 7 nitrogen and oxygen atoms in total. The smallest absolute Gasteiger partial charge is 0.270 e. The number of carbonyl (C=O) groups excluding carboxylic acids is 1. The fourth-order valence-electron chi connectivity index (χ4n) is 2.43. The van der Waals surface area contributed by atoms with Crippen molar-refractivity contribution in [3.8, 4) is 11.4 Å². The van der Waals surface area contributed by atoms with Crippen molar-refractivity contribution in [2.24, 2.45) is 7.05 Å². The van der Waals surface area contributed by atoms with Crippen LogP contribution in [0.2, 0.25) is 0 Å². The summed E-state index contributed by atoms with van der Waals surface area (Å²) in [6.07, 6.45) is 6.86. The van der Waals surface area contributed by atoms with Crippen molar-refractivity contribution in [3.05, 3.63) is 65.5 Å². The lowest BCUT2D eigenvalue weighted by Gasteiger charge is -2.11. The molecule has 3 rings (SSSR count). The van der Waals surface area contributed by atoms with Crippen molar-refractivity contribution in [1.82, 2.24) is 25.1 Å². The average molecular weight is 381 g/mol. The number of hydrogen-bond donors (Lipinski definition) is 2. The monoisotopic (exact) mass is 381 g/mol. The van der Waals surface area contributed by atoms with Crippen LogP contribution in [0.4, 0.5) is 4.39 Å².